The molecule has 0 aromatic rings. The van der Waals surface area contributed by atoms with Crippen molar-refractivity contribution in [2.24, 2.45) is 5.41 Å². The maximum absolute atomic E-state index is 11.0. The molecule has 0 bridgehead atoms. The molecule has 2 fully saturated rings. The zero-order valence-electron chi connectivity index (χ0n) is 9.60. The van der Waals surface area contributed by atoms with Gasteiger partial charge in [0.25, 0.3) is 0 Å². The molecule has 14 heavy (non-hydrogen) atoms. The van der Waals surface area contributed by atoms with E-state index in [9.17, 15) is 4.79 Å². The van der Waals surface area contributed by atoms with Crippen LogP contribution in [0.5, 0.6) is 0 Å². The maximum atomic E-state index is 11.0. The molecule has 0 atom stereocenters. The Bertz CT molecular complexity index is 234. The van der Waals surface area contributed by atoms with E-state index in [1.54, 1.807) is 0 Å². The predicted octanol–water partition coefficient (Wildman–Crippen LogP) is 2.23. The number of rotatable bonds is 0. The minimum absolute atomic E-state index is 0.301. The SMILES string of the molecule is CC(C)(C)N1CCC2(CC1)CC(=O)C2. The Balaban J connectivity index is 1.90. The molecule has 0 radical (unpaired) electrons. The molecule has 0 amide bonds. The number of carbonyl (C=O) groups is 1. The second-order valence-electron chi connectivity index (χ2n) is 6.05. The largest absolute Gasteiger partial charge is 0.300 e. The average Bonchev–Trinajstić information content (AvgIpc) is 2.01. The summed E-state index contributed by atoms with van der Waals surface area (Å²) in [5.41, 5.74) is 0.730. The smallest absolute Gasteiger partial charge is 0.134 e. The van der Waals surface area contributed by atoms with Crippen LogP contribution in [0, 0.1) is 5.41 Å². The van der Waals surface area contributed by atoms with Crippen molar-refractivity contribution in [3.63, 3.8) is 0 Å². The van der Waals surface area contributed by atoms with Crippen molar-refractivity contribution in [3.05, 3.63) is 0 Å². The molecule has 0 aromatic carbocycles. The number of hydrogen-bond donors (Lipinski definition) is 0. The van der Waals surface area contributed by atoms with E-state index in [0.717, 1.165) is 12.8 Å². The first kappa shape index (κ1) is 10.2. The zero-order valence-corrected chi connectivity index (χ0v) is 9.60. The standard InChI is InChI=1S/C12H21NO/c1-11(2,3)13-6-4-12(5-7-13)8-10(14)9-12/h4-9H2,1-3H3. The lowest BCUT2D eigenvalue weighted by Gasteiger charge is -2.50. The van der Waals surface area contributed by atoms with Gasteiger partial charge in [-0.3, -0.25) is 9.69 Å². The van der Waals surface area contributed by atoms with Crippen molar-refractivity contribution in [1.29, 1.82) is 0 Å². The van der Waals surface area contributed by atoms with E-state index in [2.05, 4.69) is 25.7 Å². The summed E-state index contributed by atoms with van der Waals surface area (Å²) in [5, 5.41) is 0. The minimum Gasteiger partial charge on any atom is -0.300 e. The van der Waals surface area contributed by atoms with Crippen LogP contribution in [0.4, 0.5) is 0 Å². The van der Waals surface area contributed by atoms with Gasteiger partial charge in [-0.1, -0.05) is 0 Å². The van der Waals surface area contributed by atoms with E-state index >= 15 is 0 Å². The normalized spacial score (nSPS) is 27.8. The molecule has 1 saturated carbocycles. The molecule has 0 aromatic heterocycles. The molecular weight excluding hydrogens is 174 g/mol. The first-order valence-electron chi connectivity index (χ1n) is 5.68. The summed E-state index contributed by atoms with van der Waals surface area (Å²) in [5.74, 6) is 0.481. The van der Waals surface area contributed by atoms with Crippen molar-refractivity contribution in [2.75, 3.05) is 13.1 Å². The third-order valence-electron chi connectivity index (χ3n) is 3.92. The molecule has 1 spiro atoms. The predicted molar refractivity (Wildman–Crippen MR) is 57.2 cm³/mol. The summed E-state index contributed by atoms with van der Waals surface area (Å²) >= 11 is 0. The molecule has 1 saturated heterocycles. The lowest BCUT2D eigenvalue weighted by Crippen LogP contribution is -2.52. The lowest BCUT2D eigenvalue weighted by molar-refractivity contribution is -0.136. The van der Waals surface area contributed by atoms with Crippen LogP contribution in [-0.4, -0.2) is 29.3 Å². The van der Waals surface area contributed by atoms with Crippen LogP contribution in [0.1, 0.15) is 46.5 Å². The van der Waals surface area contributed by atoms with E-state index in [1.807, 2.05) is 0 Å². The van der Waals surface area contributed by atoms with Gasteiger partial charge in [0.2, 0.25) is 0 Å². The van der Waals surface area contributed by atoms with Crippen molar-refractivity contribution >= 4 is 5.78 Å². The van der Waals surface area contributed by atoms with Gasteiger partial charge in [-0.05, 0) is 52.1 Å². The summed E-state index contributed by atoms with van der Waals surface area (Å²) in [6, 6.07) is 0. The minimum atomic E-state index is 0.301. The molecule has 2 nitrogen and oxygen atoms in total. The van der Waals surface area contributed by atoms with Crippen LogP contribution >= 0.6 is 0 Å². The highest BCUT2D eigenvalue weighted by molar-refractivity contribution is 5.86. The van der Waals surface area contributed by atoms with E-state index in [-0.39, 0.29) is 0 Å². The number of Topliss-reactive ketones (excluding diaryl/α,β-unsaturated/α-hetero) is 1. The van der Waals surface area contributed by atoms with Crippen molar-refractivity contribution in [1.82, 2.24) is 4.90 Å². The third-order valence-corrected chi connectivity index (χ3v) is 3.92. The topological polar surface area (TPSA) is 20.3 Å². The van der Waals surface area contributed by atoms with Gasteiger partial charge in [-0.2, -0.15) is 0 Å². The van der Waals surface area contributed by atoms with Gasteiger partial charge >= 0.3 is 0 Å². The Kier molecular flexibility index (Phi) is 2.22. The van der Waals surface area contributed by atoms with Gasteiger partial charge < -0.3 is 0 Å². The van der Waals surface area contributed by atoms with Crippen molar-refractivity contribution < 1.29 is 4.79 Å². The van der Waals surface area contributed by atoms with E-state index in [0.29, 0.717) is 16.7 Å². The molecule has 2 rings (SSSR count). The Morgan fingerprint density at radius 1 is 1.14 bits per heavy atom. The van der Waals surface area contributed by atoms with Crippen LogP contribution in [0.3, 0.4) is 0 Å². The highest BCUT2D eigenvalue weighted by atomic mass is 16.1. The Labute approximate surface area is 86.7 Å². The number of likely N-dealkylation sites (tertiary alicyclic amines) is 1. The second-order valence-corrected chi connectivity index (χ2v) is 6.05. The molecule has 0 N–H and O–H groups in total. The highest BCUT2D eigenvalue weighted by Crippen LogP contribution is 2.47. The average molecular weight is 195 g/mol. The van der Waals surface area contributed by atoms with Gasteiger partial charge in [0, 0.05) is 18.4 Å². The van der Waals surface area contributed by atoms with Gasteiger partial charge in [0.15, 0.2) is 0 Å². The van der Waals surface area contributed by atoms with Gasteiger partial charge in [0.1, 0.15) is 5.78 Å². The van der Waals surface area contributed by atoms with Gasteiger partial charge in [0.05, 0.1) is 0 Å². The van der Waals surface area contributed by atoms with Crippen LogP contribution in [-0.2, 0) is 4.79 Å². The summed E-state index contributed by atoms with van der Waals surface area (Å²) in [6.07, 6.45) is 4.20. The lowest BCUT2D eigenvalue weighted by atomic mass is 9.62. The zero-order chi connectivity index (χ0) is 10.4. The Hall–Kier alpha value is -0.370. The van der Waals surface area contributed by atoms with E-state index in [4.69, 9.17) is 0 Å². The van der Waals surface area contributed by atoms with E-state index < -0.39 is 0 Å². The Morgan fingerprint density at radius 2 is 1.64 bits per heavy atom. The monoisotopic (exact) mass is 195 g/mol. The summed E-state index contributed by atoms with van der Waals surface area (Å²) in [6.45, 7) is 9.18. The van der Waals surface area contributed by atoms with Crippen LogP contribution in [0.15, 0.2) is 0 Å². The number of hydrogen-bond acceptors (Lipinski definition) is 2. The summed E-state index contributed by atoms with van der Waals surface area (Å²) in [4.78, 5) is 13.6. The fourth-order valence-corrected chi connectivity index (χ4v) is 2.79. The molecule has 2 aliphatic rings. The fourth-order valence-electron chi connectivity index (χ4n) is 2.79. The number of carbonyl (C=O) groups excluding carboxylic acids is 1. The quantitative estimate of drug-likeness (QED) is 0.591. The third kappa shape index (κ3) is 1.72. The molecule has 2 heteroatoms. The molecule has 1 heterocycles. The van der Waals surface area contributed by atoms with E-state index in [1.165, 1.54) is 25.9 Å². The first-order valence-corrected chi connectivity index (χ1v) is 5.68. The molecule has 1 aliphatic heterocycles. The molecular formula is C12H21NO. The van der Waals surface area contributed by atoms with Gasteiger partial charge in [-0.25, -0.2) is 0 Å². The maximum Gasteiger partial charge on any atom is 0.134 e. The van der Waals surface area contributed by atoms with Crippen molar-refractivity contribution in [2.45, 2.75) is 52.0 Å². The fraction of sp³-hybridized carbons (Fsp3) is 0.917. The Morgan fingerprint density at radius 3 is 2.00 bits per heavy atom. The van der Waals surface area contributed by atoms with Crippen molar-refractivity contribution in [3.8, 4) is 0 Å². The van der Waals surface area contributed by atoms with Crippen LogP contribution in [0.25, 0.3) is 0 Å². The van der Waals surface area contributed by atoms with Crippen LogP contribution in [0.2, 0.25) is 0 Å². The number of piperidine rings is 1. The van der Waals surface area contributed by atoms with Gasteiger partial charge in [-0.15, -0.1) is 0 Å². The first-order chi connectivity index (χ1) is 6.41. The highest BCUT2D eigenvalue weighted by Gasteiger charge is 2.46. The molecule has 0 unspecified atom stereocenters. The summed E-state index contributed by atoms with van der Waals surface area (Å²) in [7, 11) is 0. The molecule has 1 aliphatic carbocycles. The van der Waals surface area contributed by atoms with Crippen LogP contribution < -0.4 is 0 Å². The number of ketones is 1. The summed E-state index contributed by atoms with van der Waals surface area (Å²) < 4.78 is 0. The number of nitrogens with zero attached hydrogens (tertiary/aromatic N) is 1. The molecule has 80 valence electrons. The second kappa shape index (κ2) is 3.06.